The van der Waals surface area contributed by atoms with E-state index in [0.29, 0.717) is 30.9 Å². The maximum Gasteiger partial charge on any atom is 0.266 e. The number of aromatic amines is 1. The van der Waals surface area contributed by atoms with Crippen molar-refractivity contribution in [2.45, 2.75) is 6.54 Å². The van der Waals surface area contributed by atoms with Crippen molar-refractivity contribution in [2.75, 3.05) is 13.1 Å². The summed E-state index contributed by atoms with van der Waals surface area (Å²) in [6.07, 6.45) is 5.27. The highest BCUT2D eigenvalue weighted by atomic mass is 16.2. The van der Waals surface area contributed by atoms with Crippen LogP contribution in [0.3, 0.4) is 0 Å². The topological polar surface area (TPSA) is 83.9 Å². The zero-order valence-corrected chi connectivity index (χ0v) is 15.7. The molecule has 0 spiro atoms. The fourth-order valence-electron chi connectivity index (χ4n) is 3.79. The molecule has 1 aliphatic heterocycles. The Bertz CT molecular complexity index is 1240. The zero-order valence-electron chi connectivity index (χ0n) is 15.7. The normalized spacial score (nSPS) is 14.1. The Balaban J connectivity index is 1.29. The van der Waals surface area contributed by atoms with Crippen LogP contribution in [0.25, 0.3) is 22.2 Å². The summed E-state index contributed by atoms with van der Waals surface area (Å²) >= 11 is 0. The summed E-state index contributed by atoms with van der Waals surface area (Å²) in [6.45, 7) is 1.72. The van der Waals surface area contributed by atoms with Crippen molar-refractivity contribution in [1.82, 2.24) is 24.6 Å². The molecule has 5 rings (SSSR count). The second kappa shape index (κ2) is 7.01. The number of fused-ring (bicyclic) bond motifs is 1. The van der Waals surface area contributed by atoms with E-state index in [1.54, 1.807) is 18.5 Å². The lowest BCUT2D eigenvalue weighted by atomic mass is 9.98. The van der Waals surface area contributed by atoms with Gasteiger partial charge in [-0.15, -0.1) is 0 Å². The first-order valence-corrected chi connectivity index (χ1v) is 9.53. The third-order valence-corrected chi connectivity index (χ3v) is 5.32. The van der Waals surface area contributed by atoms with E-state index in [0.717, 1.165) is 16.5 Å². The van der Waals surface area contributed by atoms with Crippen LogP contribution < -0.4 is 5.56 Å². The Hall–Kier alpha value is -3.74. The van der Waals surface area contributed by atoms with Gasteiger partial charge in [0.25, 0.3) is 11.5 Å². The van der Waals surface area contributed by atoms with Gasteiger partial charge in [0.05, 0.1) is 12.2 Å². The van der Waals surface area contributed by atoms with E-state index >= 15 is 0 Å². The molecule has 1 aliphatic rings. The molecule has 1 amide bonds. The van der Waals surface area contributed by atoms with Gasteiger partial charge in [-0.2, -0.15) is 5.10 Å². The van der Waals surface area contributed by atoms with Crippen molar-refractivity contribution >= 4 is 16.8 Å². The van der Waals surface area contributed by atoms with Crippen molar-refractivity contribution < 1.29 is 4.79 Å². The van der Waals surface area contributed by atoms with Gasteiger partial charge in [0.2, 0.25) is 0 Å². The molecule has 1 N–H and O–H groups in total. The van der Waals surface area contributed by atoms with Gasteiger partial charge in [0.1, 0.15) is 0 Å². The second-order valence-electron chi connectivity index (χ2n) is 7.30. The number of rotatable bonds is 4. The SMILES string of the molecule is O=C(c1cccc2[nH]ccc12)N1CC(Cn2nc(-c3cccnc3)ccc2=O)C1. The predicted octanol–water partition coefficient (Wildman–Crippen LogP) is 2.56. The Morgan fingerprint density at radius 3 is 2.83 bits per heavy atom. The van der Waals surface area contributed by atoms with Crippen LogP contribution in [0.1, 0.15) is 10.4 Å². The summed E-state index contributed by atoms with van der Waals surface area (Å²) < 4.78 is 1.49. The summed E-state index contributed by atoms with van der Waals surface area (Å²) in [7, 11) is 0. The number of carbonyl (C=O) groups is 1. The van der Waals surface area contributed by atoms with E-state index in [1.165, 1.54) is 10.7 Å². The molecule has 0 radical (unpaired) electrons. The number of benzene rings is 1. The number of hydrogen-bond donors (Lipinski definition) is 1. The Labute approximate surface area is 166 Å². The number of pyridine rings is 1. The fraction of sp³-hybridized carbons (Fsp3) is 0.182. The Kier molecular flexibility index (Phi) is 4.20. The predicted molar refractivity (Wildman–Crippen MR) is 109 cm³/mol. The molecular formula is C22H19N5O2. The lowest BCUT2D eigenvalue weighted by molar-refractivity contribution is 0.0460. The molecule has 1 saturated heterocycles. The molecule has 0 bridgehead atoms. The lowest BCUT2D eigenvalue weighted by Crippen LogP contribution is -2.52. The van der Waals surface area contributed by atoms with Gasteiger partial charge in [-0.1, -0.05) is 6.07 Å². The highest BCUT2D eigenvalue weighted by Gasteiger charge is 2.32. The van der Waals surface area contributed by atoms with Crippen LogP contribution in [-0.2, 0) is 6.54 Å². The van der Waals surface area contributed by atoms with Crippen LogP contribution in [0.2, 0.25) is 0 Å². The molecule has 29 heavy (non-hydrogen) atoms. The number of nitrogens with one attached hydrogen (secondary N) is 1. The molecule has 0 saturated carbocycles. The molecule has 1 fully saturated rings. The number of hydrogen-bond acceptors (Lipinski definition) is 4. The fourth-order valence-corrected chi connectivity index (χ4v) is 3.79. The number of carbonyl (C=O) groups excluding carboxylic acids is 1. The molecule has 3 aromatic heterocycles. The summed E-state index contributed by atoms with van der Waals surface area (Å²) in [5.74, 6) is 0.231. The summed E-state index contributed by atoms with van der Waals surface area (Å²) in [5.41, 5.74) is 3.10. The van der Waals surface area contributed by atoms with E-state index in [-0.39, 0.29) is 17.4 Å². The van der Waals surface area contributed by atoms with Crippen molar-refractivity contribution in [3.63, 3.8) is 0 Å². The van der Waals surface area contributed by atoms with Gasteiger partial charge in [-0.05, 0) is 36.4 Å². The molecule has 4 aromatic rings. The molecular weight excluding hydrogens is 366 g/mol. The molecule has 4 heterocycles. The second-order valence-corrected chi connectivity index (χ2v) is 7.30. The number of aromatic nitrogens is 4. The minimum Gasteiger partial charge on any atom is -0.361 e. The highest BCUT2D eigenvalue weighted by Crippen LogP contribution is 2.24. The van der Waals surface area contributed by atoms with Crippen LogP contribution in [-0.4, -0.2) is 43.6 Å². The van der Waals surface area contributed by atoms with Crippen molar-refractivity contribution in [3.05, 3.63) is 83.0 Å². The Morgan fingerprint density at radius 2 is 2.00 bits per heavy atom. The molecule has 7 nitrogen and oxygen atoms in total. The molecule has 0 atom stereocenters. The minimum atomic E-state index is -0.139. The minimum absolute atomic E-state index is 0.0240. The van der Waals surface area contributed by atoms with E-state index in [2.05, 4.69) is 15.1 Å². The smallest absolute Gasteiger partial charge is 0.266 e. The van der Waals surface area contributed by atoms with E-state index in [4.69, 9.17) is 0 Å². The Morgan fingerprint density at radius 1 is 1.10 bits per heavy atom. The van der Waals surface area contributed by atoms with Crippen LogP contribution in [0.15, 0.2) is 71.9 Å². The first-order chi connectivity index (χ1) is 14.2. The van der Waals surface area contributed by atoms with Gasteiger partial charge >= 0.3 is 0 Å². The summed E-state index contributed by atoms with van der Waals surface area (Å²) in [4.78, 5) is 34.2. The maximum atomic E-state index is 12.9. The molecule has 0 aliphatic carbocycles. The standard InChI is InChI=1S/C22H19N5O2/c28-21-7-6-19(16-3-2-9-23-11-16)25-27(21)14-15-12-26(13-15)22(29)18-4-1-5-20-17(18)8-10-24-20/h1-11,15,24H,12-14H2. The molecule has 7 heteroatoms. The van der Waals surface area contributed by atoms with E-state index in [9.17, 15) is 9.59 Å². The van der Waals surface area contributed by atoms with Gasteiger partial charge in [-0.25, -0.2) is 4.68 Å². The van der Waals surface area contributed by atoms with Crippen LogP contribution >= 0.6 is 0 Å². The van der Waals surface area contributed by atoms with Gasteiger partial charge in [0.15, 0.2) is 0 Å². The largest absolute Gasteiger partial charge is 0.361 e. The van der Waals surface area contributed by atoms with Crippen LogP contribution in [0.5, 0.6) is 0 Å². The maximum absolute atomic E-state index is 12.9. The lowest BCUT2D eigenvalue weighted by Gasteiger charge is -2.39. The van der Waals surface area contributed by atoms with Gasteiger partial charge in [-0.3, -0.25) is 14.6 Å². The van der Waals surface area contributed by atoms with Crippen molar-refractivity contribution in [2.24, 2.45) is 5.92 Å². The van der Waals surface area contributed by atoms with Gasteiger partial charge in [0, 0.05) is 65.7 Å². The number of amides is 1. The van der Waals surface area contributed by atoms with Crippen LogP contribution in [0, 0.1) is 5.92 Å². The summed E-state index contributed by atoms with van der Waals surface area (Å²) in [5, 5.41) is 5.42. The molecule has 1 aromatic carbocycles. The quantitative estimate of drug-likeness (QED) is 0.585. The first-order valence-electron chi connectivity index (χ1n) is 9.53. The summed E-state index contributed by atoms with van der Waals surface area (Å²) in [6, 6.07) is 14.6. The number of nitrogens with zero attached hydrogens (tertiary/aromatic N) is 4. The highest BCUT2D eigenvalue weighted by molar-refractivity contribution is 6.06. The molecule has 144 valence electrons. The van der Waals surface area contributed by atoms with E-state index in [1.807, 2.05) is 47.5 Å². The average Bonchev–Trinajstić information content (AvgIpc) is 3.20. The third-order valence-electron chi connectivity index (χ3n) is 5.32. The average molecular weight is 385 g/mol. The van der Waals surface area contributed by atoms with Gasteiger partial charge < -0.3 is 9.88 Å². The van der Waals surface area contributed by atoms with Crippen molar-refractivity contribution in [3.8, 4) is 11.3 Å². The third kappa shape index (κ3) is 3.20. The van der Waals surface area contributed by atoms with Crippen LogP contribution in [0.4, 0.5) is 0 Å². The number of likely N-dealkylation sites (tertiary alicyclic amines) is 1. The van der Waals surface area contributed by atoms with Crippen molar-refractivity contribution in [1.29, 1.82) is 0 Å². The number of H-pyrrole nitrogens is 1. The molecule has 0 unspecified atom stereocenters. The zero-order chi connectivity index (χ0) is 19.8. The monoisotopic (exact) mass is 385 g/mol. The first kappa shape index (κ1) is 17.4. The van der Waals surface area contributed by atoms with E-state index < -0.39 is 0 Å².